The minimum atomic E-state index is -0.370. The molecule has 1 aliphatic heterocycles. The van der Waals surface area contributed by atoms with E-state index in [9.17, 15) is 4.39 Å². The van der Waals surface area contributed by atoms with Crippen molar-refractivity contribution in [1.82, 2.24) is 10.2 Å². The molecular weight excluding hydrogens is 255 g/mol. The summed E-state index contributed by atoms with van der Waals surface area (Å²) in [7, 11) is 0. The van der Waals surface area contributed by atoms with Gasteiger partial charge in [-0.15, -0.1) is 0 Å². The van der Waals surface area contributed by atoms with Crippen LogP contribution >= 0.6 is 0 Å². The number of guanidine groups is 1. The molecule has 0 amide bonds. The lowest BCUT2D eigenvalue weighted by Gasteiger charge is -2.20. The number of benzene rings is 1. The molecular formula is C15H19FN4. The van der Waals surface area contributed by atoms with Gasteiger partial charge in [0.05, 0.1) is 18.2 Å². The molecule has 2 rings (SSSR count). The van der Waals surface area contributed by atoms with E-state index in [1.807, 2.05) is 13.0 Å². The molecule has 0 radical (unpaired) electrons. The number of hydrogen-bond acceptors (Lipinski definition) is 2. The molecule has 0 saturated carbocycles. The second kappa shape index (κ2) is 6.90. The molecule has 106 valence electrons. The SMILES string of the molecule is CCNC(=NCc1ccc(C#N)cc1F)N1CCCC1. The first-order valence-electron chi connectivity index (χ1n) is 6.96. The second-order valence-electron chi connectivity index (χ2n) is 4.78. The fraction of sp³-hybridized carbons (Fsp3) is 0.467. The van der Waals surface area contributed by atoms with Crippen LogP contribution in [0.2, 0.25) is 0 Å². The normalized spacial score (nSPS) is 15.2. The van der Waals surface area contributed by atoms with E-state index in [0.717, 1.165) is 25.6 Å². The van der Waals surface area contributed by atoms with Crippen molar-refractivity contribution in [3.8, 4) is 6.07 Å². The highest BCUT2D eigenvalue weighted by Crippen LogP contribution is 2.12. The van der Waals surface area contributed by atoms with Gasteiger partial charge >= 0.3 is 0 Å². The van der Waals surface area contributed by atoms with Crippen LogP contribution in [0.1, 0.15) is 30.9 Å². The first-order valence-corrected chi connectivity index (χ1v) is 6.96. The molecule has 0 spiro atoms. The molecule has 1 N–H and O–H groups in total. The van der Waals surface area contributed by atoms with Gasteiger partial charge in [0.25, 0.3) is 0 Å². The third-order valence-electron chi connectivity index (χ3n) is 3.32. The van der Waals surface area contributed by atoms with E-state index in [2.05, 4.69) is 15.2 Å². The van der Waals surface area contributed by atoms with Crippen LogP contribution in [-0.4, -0.2) is 30.5 Å². The van der Waals surface area contributed by atoms with Crippen LogP contribution in [0.15, 0.2) is 23.2 Å². The van der Waals surface area contributed by atoms with E-state index in [0.29, 0.717) is 11.1 Å². The van der Waals surface area contributed by atoms with Crippen molar-refractivity contribution < 1.29 is 4.39 Å². The lowest BCUT2D eigenvalue weighted by molar-refractivity contribution is 0.493. The summed E-state index contributed by atoms with van der Waals surface area (Å²) in [5.41, 5.74) is 0.847. The van der Waals surface area contributed by atoms with Crippen molar-refractivity contribution in [3.63, 3.8) is 0 Å². The number of nitrogens with one attached hydrogen (secondary N) is 1. The lowest BCUT2D eigenvalue weighted by Crippen LogP contribution is -2.39. The number of likely N-dealkylation sites (tertiary alicyclic amines) is 1. The average molecular weight is 274 g/mol. The largest absolute Gasteiger partial charge is 0.357 e. The van der Waals surface area contributed by atoms with Crippen LogP contribution in [0.4, 0.5) is 4.39 Å². The molecule has 1 saturated heterocycles. The number of nitriles is 1. The van der Waals surface area contributed by atoms with Crippen LogP contribution < -0.4 is 5.32 Å². The summed E-state index contributed by atoms with van der Waals surface area (Å²) in [6.45, 7) is 5.11. The third-order valence-corrected chi connectivity index (χ3v) is 3.32. The summed E-state index contributed by atoms with van der Waals surface area (Å²) in [4.78, 5) is 6.69. The van der Waals surface area contributed by atoms with Gasteiger partial charge in [-0.25, -0.2) is 9.38 Å². The summed E-state index contributed by atoms with van der Waals surface area (Å²) in [6.07, 6.45) is 2.35. The van der Waals surface area contributed by atoms with Crippen molar-refractivity contribution >= 4 is 5.96 Å². The zero-order chi connectivity index (χ0) is 14.4. The van der Waals surface area contributed by atoms with Crippen molar-refractivity contribution in [2.75, 3.05) is 19.6 Å². The maximum Gasteiger partial charge on any atom is 0.194 e. The molecule has 4 nitrogen and oxygen atoms in total. The molecule has 1 heterocycles. The van der Waals surface area contributed by atoms with E-state index in [4.69, 9.17) is 5.26 Å². The van der Waals surface area contributed by atoms with E-state index in [-0.39, 0.29) is 12.4 Å². The highest BCUT2D eigenvalue weighted by atomic mass is 19.1. The van der Waals surface area contributed by atoms with Crippen molar-refractivity contribution in [3.05, 3.63) is 35.1 Å². The topological polar surface area (TPSA) is 51.4 Å². The van der Waals surface area contributed by atoms with Crippen LogP contribution in [0.5, 0.6) is 0 Å². The van der Waals surface area contributed by atoms with Crippen molar-refractivity contribution in [2.24, 2.45) is 4.99 Å². The number of hydrogen-bond donors (Lipinski definition) is 1. The Hall–Kier alpha value is -2.09. The smallest absolute Gasteiger partial charge is 0.194 e. The van der Waals surface area contributed by atoms with Gasteiger partial charge in [0.1, 0.15) is 5.82 Å². The summed E-state index contributed by atoms with van der Waals surface area (Å²) in [6, 6.07) is 6.44. The fourth-order valence-corrected chi connectivity index (χ4v) is 2.26. The second-order valence-corrected chi connectivity index (χ2v) is 4.78. The number of rotatable bonds is 3. The summed E-state index contributed by atoms with van der Waals surface area (Å²) < 4.78 is 13.8. The molecule has 1 aromatic rings. The van der Waals surface area contributed by atoms with E-state index in [1.165, 1.54) is 18.9 Å². The predicted molar refractivity (Wildman–Crippen MR) is 76.7 cm³/mol. The van der Waals surface area contributed by atoms with Gasteiger partial charge in [-0.3, -0.25) is 0 Å². The number of halogens is 1. The van der Waals surface area contributed by atoms with E-state index in [1.54, 1.807) is 12.1 Å². The first kappa shape index (κ1) is 14.3. The van der Waals surface area contributed by atoms with Crippen LogP contribution in [0.3, 0.4) is 0 Å². The van der Waals surface area contributed by atoms with Gasteiger partial charge in [0.2, 0.25) is 0 Å². The van der Waals surface area contributed by atoms with Crippen LogP contribution in [0, 0.1) is 17.1 Å². The van der Waals surface area contributed by atoms with E-state index >= 15 is 0 Å². The van der Waals surface area contributed by atoms with Crippen molar-refractivity contribution in [2.45, 2.75) is 26.3 Å². The Morgan fingerprint density at radius 3 is 2.80 bits per heavy atom. The van der Waals surface area contributed by atoms with Gasteiger partial charge < -0.3 is 10.2 Å². The molecule has 0 unspecified atom stereocenters. The van der Waals surface area contributed by atoms with Gasteiger partial charge in [0.15, 0.2) is 5.96 Å². The minimum Gasteiger partial charge on any atom is -0.357 e. The molecule has 1 aromatic carbocycles. The van der Waals surface area contributed by atoms with Gasteiger partial charge in [-0.1, -0.05) is 6.07 Å². The third kappa shape index (κ3) is 3.47. The molecule has 1 fully saturated rings. The maximum atomic E-state index is 13.8. The minimum absolute atomic E-state index is 0.288. The molecule has 0 bridgehead atoms. The summed E-state index contributed by atoms with van der Waals surface area (Å²) >= 11 is 0. The molecule has 0 atom stereocenters. The average Bonchev–Trinajstić information content (AvgIpc) is 2.98. The molecule has 0 aliphatic carbocycles. The zero-order valence-electron chi connectivity index (χ0n) is 11.7. The number of aliphatic imine (C=N–C) groups is 1. The molecule has 0 aromatic heterocycles. The fourth-order valence-electron chi connectivity index (χ4n) is 2.26. The monoisotopic (exact) mass is 274 g/mol. The van der Waals surface area contributed by atoms with Gasteiger partial charge in [0, 0.05) is 25.2 Å². The Morgan fingerprint density at radius 2 is 2.20 bits per heavy atom. The summed E-state index contributed by atoms with van der Waals surface area (Å²) in [5, 5.41) is 12.0. The number of nitrogens with zero attached hydrogens (tertiary/aromatic N) is 3. The van der Waals surface area contributed by atoms with Gasteiger partial charge in [-0.05, 0) is 31.9 Å². The molecule has 1 aliphatic rings. The zero-order valence-corrected chi connectivity index (χ0v) is 11.7. The highest BCUT2D eigenvalue weighted by molar-refractivity contribution is 5.80. The van der Waals surface area contributed by atoms with Gasteiger partial charge in [-0.2, -0.15) is 5.26 Å². The first-order chi connectivity index (χ1) is 9.74. The van der Waals surface area contributed by atoms with E-state index < -0.39 is 0 Å². The summed E-state index contributed by atoms with van der Waals surface area (Å²) in [5.74, 6) is 0.471. The Bertz CT molecular complexity index is 527. The Balaban J connectivity index is 2.10. The van der Waals surface area contributed by atoms with Crippen LogP contribution in [0.25, 0.3) is 0 Å². The Kier molecular flexibility index (Phi) is 4.94. The highest BCUT2D eigenvalue weighted by Gasteiger charge is 2.15. The molecule has 20 heavy (non-hydrogen) atoms. The maximum absolute atomic E-state index is 13.8. The van der Waals surface area contributed by atoms with Crippen molar-refractivity contribution in [1.29, 1.82) is 5.26 Å². The lowest BCUT2D eigenvalue weighted by atomic mass is 10.1. The molecule has 5 heteroatoms. The Morgan fingerprint density at radius 1 is 1.45 bits per heavy atom. The van der Waals surface area contributed by atoms with Crippen LogP contribution in [-0.2, 0) is 6.54 Å². The standard InChI is InChI=1S/C15H19FN4/c1-2-18-15(20-7-3-4-8-20)19-11-13-6-5-12(10-17)9-14(13)16/h5-6,9H,2-4,7-8,11H2,1H3,(H,18,19). The Labute approximate surface area is 118 Å². The quantitative estimate of drug-likeness (QED) is 0.679. The predicted octanol–water partition coefficient (Wildman–Crippen LogP) is 2.26.